The van der Waals surface area contributed by atoms with E-state index < -0.39 is 0 Å². The van der Waals surface area contributed by atoms with Crippen LogP contribution < -0.4 is 0 Å². The molecular weight excluding hydrogens is 232 g/mol. The first-order valence-corrected chi connectivity index (χ1v) is 6.97. The summed E-state index contributed by atoms with van der Waals surface area (Å²) < 4.78 is 0. The monoisotopic (exact) mass is 252 g/mol. The number of aryl methyl sites for hydroxylation is 2. The average Bonchev–Trinajstić information content (AvgIpc) is 2.84. The molecule has 0 amide bonds. The van der Waals surface area contributed by atoms with Crippen LogP contribution in [0.15, 0.2) is 42.5 Å². The van der Waals surface area contributed by atoms with Crippen LogP contribution in [0.2, 0.25) is 0 Å². The fourth-order valence-electron chi connectivity index (χ4n) is 3.15. The molecule has 0 aromatic heterocycles. The second-order valence-electron chi connectivity index (χ2n) is 5.74. The van der Waals surface area contributed by atoms with Gasteiger partial charge < -0.3 is 5.11 Å². The Hall–Kier alpha value is -1.60. The molecule has 0 saturated carbocycles. The van der Waals surface area contributed by atoms with Crippen molar-refractivity contribution in [3.8, 4) is 0 Å². The number of hydrogen-bond donors (Lipinski definition) is 1. The van der Waals surface area contributed by atoms with Gasteiger partial charge in [0.15, 0.2) is 0 Å². The summed E-state index contributed by atoms with van der Waals surface area (Å²) in [5.74, 6) is 0.317. The lowest BCUT2D eigenvalue weighted by Crippen LogP contribution is -2.14. The maximum absolute atomic E-state index is 10.7. The highest BCUT2D eigenvalue weighted by Crippen LogP contribution is 2.36. The van der Waals surface area contributed by atoms with Gasteiger partial charge in [0.1, 0.15) is 0 Å². The lowest BCUT2D eigenvalue weighted by atomic mass is 9.90. The Bertz CT molecular complexity index is 575. The summed E-state index contributed by atoms with van der Waals surface area (Å²) in [5, 5.41) is 10.7. The van der Waals surface area contributed by atoms with Crippen molar-refractivity contribution in [1.82, 2.24) is 0 Å². The van der Waals surface area contributed by atoms with E-state index in [0.29, 0.717) is 5.92 Å². The summed E-state index contributed by atoms with van der Waals surface area (Å²) in [5.41, 5.74) is 6.30. The molecule has 0 spiro atoms. The van der Waals surface area contributed by atoms with Crippen LogP contribution in [-0.2, 0) is 12.8 Å². The van der Waals surface area contributed by atoms with E-state index in [1.165, 1.54) is 22.3 Å². The van der Waals surface area contributed by atoms with Crippen molar-refractivity contribution in [1.29, 1.82) is 0 Å². The third-order valence-electron chi connectivity index (χ3n) is 4.28. The molecule has 1 atom stereocenters. The van der Waals surface area contributed by atoms with Gasteiger partial charge in [-0.25, -0.2) is 0 Å². The second-order valence-corrected chi connectivity index (χ2v) is 5.74. The minimum atomic E-state index is -0.354. The quantitative estimate of drug-likeness (QED) is 0.863. The lowest BCUT2D eigenvalue weighted by Gasteiger charge is -2.20. The molecule has 3 rings (SSSR count). The first kappa shape index (κ1) is 12.4. The Balaban J connectivity index is 1.87. The Kier molecular flexibility index (Phi) is 3.16. The first-order valence-electron chi connectivity index (χ1n) is 6.97. The Morgan fingerprint density at radius 1 is 1.00 bits per heavy atom. The lowest BCUT2D eigenvalue weighted by molar-refractivity contribution is 0.113. The molecule has 1 aliphatic rings. The zero-order valence-electron chi connectivity index (χ0n) is 11.6. The molecule has 2 aromatic carbocycles. The van der Waals surface area contributed by atoms with Crippen molar-refractivity contribution >= 4 is 0 Å². The standard InChI is InChI=1S/C18H20O/c1-12-7-8-13(2)17(9-12)18(19)16-10-14-5-3-4-6-15(14)11-16/h3-9,16,18-19H,10-11H2,1-2H3. The summed E-state index contributed by atoms with van der Waals surface area (Å²) in [7, 11) is 0. The molecule has 0 heterocycles. The Morgan fingerprint density at radius 3 is 2.26 bits per heavy atom. The van der Waals surface area contributed by atoms with E-state index in [-0.39, 0.29) is 6.10 Å². The summed E-state index contributed by atoms with van der Waals surface area (Å²) in [6, 6.07) is 14.9. The van der Waals surface area contributed by atoms with E-state index in [1.54, 1.807) is 0 Å². The van der Waals surface area contributed by atoms with Crippen molar-refractivity contribution in [3.05, 3.63) is 70.3 Å². The van der Waals surface area contributed by atoms with Gasteiger partial charge in [-0.05, 0) is 54.9 Å². The topological polar surface area (TPSA) is 20.2 Å². The smallest absolute Gasteiger partial charge is 0.0827 e. The molecule has 1 aliphatic carbocycles. The van der Waals surface area contributed by atoms with Gasteiger partial charge in [-0.15, -0.1) is 0 Å². The predicted molar refractivity (Wildman–Crippen MR) is 78.2 cm³/mol. The highest BCUT2D eigenvalue weighted by molar-refractivity contribution is 5.36. The minimum absolute atomic E-state index is 0.317. The van der Waals surface area contributed by atoms with Crippen molar-refractivity contribution in [2.75, 3.05) is 0 Å². The number of hydrogen-bond acceptors (Lipinski definition) is 1. The maximum Gasteiger partial charge on any atom is 0.0827 e. The molecule has 1 N–H and O–H groups in total. The third kappa shape index (κ3) is 2.31. The number of aliphatic hydroxyl groups is 1. The van der Waals surface area contributed by atoms with E-state index in [2.05, 4.69) is 56.3 Å². The van der Waals surface area contributed by atoms with Gasteiger partial charge in [-0.2, -0.15) is 0 Å². The van der Waals surface area contributed by atoms with E-state index in [1.807, 2.05) is 0 Å². The van der Waals surface area contributed by atoms with Gasteiger partial charge in [0.2, 0.25) is 0 Å². The summed E-state index contributed by atoms with van der Waals surface area (Å²) in [6.07, 6.45) is 1.63. The van der Waals surface area contributed by atoms with Crippen molar-refractivity contribution in [2.45, 2.75) is 32.8 Å². The van der Waals surface area contributed by atoms with Crippen LogP contribution in [0.4, 0.5) is 0 Å². The molecule has 0 bridgehead atoms. The average molecular weight is 252 g/mol. The van der Waals surface area contributed by atoms with E-state index in [9.17, 15) is 5.11 Å². The molecule has 0 radical (unpaired) electrons. The van der Waals surface area contributed by atoms with Gasteiger partial charge in [-0.1, -0.05) is 48.0 Å². The fraction of sp³-hybridized carbons (Fsp3) is 0.333. The van der Waals surface area contributed by atoms with Gasteiger partial charge in [-0.3, -0.25) is 0 Å². The van der Waals surface area contributed by atoms with Crippen LogP contribution in [-0.4, -0.2) is 5.11 Å². The highest BCUT2D eigenvalue weighted by Gasteiger charge is 2.28. The number of rotatable bonds is 2. The van der Waals surface area contributed by atoms with Gasteiger partial charge in [0.05, 0.1) is 6.10 Å². The van der Waals surface area contributed by atoms with E-state index in [4.69, 9.17) is 0 Å². The second kappa shape index (κ2) is 4.82. The molecule has 2 aromatic rings. The normalized spacial score (nSPS) is 16.4. The van der Waals surface area contributed by atoms with Crippen LogP contribution in [0.25, 0.3) is 0 Å². The number of fused-ring (bicyclic) bond motifs is 1. The molecule has 1 unspecified atom stereocenters. The van der Waals surface area contributed by atoms with Crippen LogP contribution in [0, 0.1) is 19.8 Å². The molecule has 1 heteroatoms. The largest absolute Gasteiger partial charge is 0.388 e. The molecule has 0 fully saturated rings. The summed E-state index contributed by atoms with van der Waals surface area (Å²) >= 11 is 0. The SMILES string of the molecule is Cc1ccc(C)c(C(O)C2Cc3ccccc3C2)c1. The Labute approximate surface area is 114 Å². The first-order chi connectivity index (χ1) is 9.15. The van der Waals surface area contributed by atoms with Crippen LogP contribution >= 0.6 is 0 Å². The van der Waals surface area contributed by atoms with Crippen molar-refractivity contribution < 1.29 is 5.11 Å². The van der Waals surface area contributed by atoms with Crippen molar-refractivity contribution in [2.24, 2.45) is 5.92 Å². The fourth-order valence-corrected chi connectivity index (χ4v) is 3.15. The zero-order valence-corrected chi connectivity index (χ0v) is 11.6. The zero-order chi connectivity index (χ0) is 13.4. The molecule has 0 aliphatic heterocycles. The van der Waals surface area contributed by atoms with Crippen LogP contribution in [0.5, 0.6) is 0 Å². The van der Waals surface area contributed by atoms with Gasteiger partial charge in [0.25, 0.3) is 0 Å². The van der Waals surface area contributed by atoms with Crippen LogP contribution in [0.1, 0.15) is 33.9 Å². The minimum Gasteiger partial charge on any atom is -0.388 e. The summed E-state index contributed by atoms with van der Waals surface area (Å²) in [4.78, 5) is 0. The molecule has 1 nitrogen and oxygen atoms in total. The maximum atomic E-state index is 10.7. The highest BCUT2D eigenvalue weighted by atomic mass is 16.3. The molecular formula is C18H20O. The van der Waals surface area contributed by atoms with Gasteiger partial charge >= 0.3 is 0 Å². The van der Waals surface area contributed by atoms with Gasteiger partial charge in [0, 0.05) is 0 Å². The van der Waals surface area contributed by atoms with Crippen LogP contribution in [0.3, 0.4) is 0 Å². The van der Waals surface area contributed by atoms with Crippen molar-refractivity contribution in [3.63, 3.8) is 0 Å². The third-order valence-corrected chi connectivity index (χ3v) is 4.28. The van der Waals surface area contributed by atoms with E-state index in [0.717, 1.165) is 18.4 Å². The van der Waals surface area contributed by atoms with E-state index >= 15 is 0 Å². The number of aliphatic hydroxyl groups excluding tert-OH is 1. The molecule has 0 saturated heterocycles. The molecule has 98 valence electrons. The predicted octanol–water partition coefficient (Wildman–Crippen LogP) is 3.75. The Morgan fingerprint density at radius 2 is 1.63 bits per heavy atom. The molecule has 19 heavy (non-hydrogen) atoms. The summed E-state index contributed by atoms with van der Waals surface area (Å²) in [6.45, 7) is 4.17. The number of benzene rings is 2.